The van der Waals surface area contributed by atoms with Crippen LogP contribution in [0.4, 0.5) is 23.2 Å². The molecule has 2 aromatic rings. The zero-order chi connectivity index (χ0) is 22.3. The maximum atomic E-state index is 13.8. The number of ketones is 1. The molecule has 1 N–H and O–H groups in total. The summed E-state index contributed by atoms with van der Waals surface area (Å²) < 4.78 is 60.0. The number of aromatic nitrogens is 1. The second kappa shape index (κ2) is 7.79. The third-order valence-electron chi connectivity index (χ3n) is 5.57. The molecule has 9 heteroatoms. The Bertz CT molecular complexity index is 961. The first-order valence-electron chi connectivity index (χ1n) is 9.22. The van der Waals surface area contributed by atoms with Crippen LogP contribution in [0.25, 0.3) is 0 Å². The predicted molar refractivity (Wildman–Crippen MR) is 101 cm³/mol. The third kappa shape index (κ3) is 3.94. The van der Waals surface area contributed by atoms with Crippen LogP contribution in [-0.4, -0.2) is 34.6 Å². The van der Waals surface area contributed by atoms with Crippen LogP contribution in [0.2, 0.25) is 0 Å². The first kappa shape index (κ1) is 21.9. The Morgan fingerprint density at radius 3 is 2.37 bits per heavy atom. The standard InChI is InChI=1S/C21H20F4N2O3/c1-11-17(13-4-6-14(22)7-5-13)18(30-20(11,3)21(23,24)25)19(29)27-15-8-9-26-16(10-15)12(2)28/h4-11,17-18H,1-3H3,(H,26,27,29)/t11-,17-,18?,20+/m0/s1. The molecular weight excluding hydrogens is 404 g/mol. The topological polar surface area (TPSA) is 68.3 Å². The molecule has 0 bridgehead atoms. The first-order chi connectivity index (χ1) is 13.9. The summed E-state index contributed by atoms with van der Waals surface area (Å²) in [6.07, 6.45) is -4.90. The number of carbonyl (C=O) groups is 2. The number of anilines is 1. The van der Waals surface area contributed by atoms with Crippen LogP contribution in [0.15, 0.2) is 42.6 Å². The molecule has 0 radical (unpaired) electrons. The van der Waals surface area contributed by atoms with E-state index in [4.69, 9.17) is 4.74 Å². The number of alkyl halides is 3. The molecule has 0 saturated carbocycles. The van der Waals surface area contributed by atoms with E-state index >= 15 is 0 Å². The summed E-state index contributed by atoms with van der Waals surface area (Å²) in [5, 5.41) is 2.50. The van der Waals surface area contributed by atoms with E-state index in [0.29, 0.717) is 5.56 Å². The fourth-order valence-electron chi connectivity index (χ4n) is 3.65. The van der Waals surface area contributed by atoms with E-state index < -0.39 is 41.4 Å². The smallest absolute Gasteiger partial charge is 0.352 e. The average Bonchev–Trinajstić information content (AvgIpc) is 2.95. The van der Waals surface area contributed by atoms with Gasteiger partial charge in [-0.2, -0.15) is 13.2 Å². The summed E-state index contributed by atoms with van der Waals surface area (Å²) in [5.74, 6) is -3.76. The number of Topliss-reactive ketones (excluding diaryl/α,β-unsaturated/α-hetero) is 1. The van der Waals surface area contributed by atoms with Crippen LogP contribution in [0.3, 0.4) is 0 Å². The van der Waals surface area contributed by atoms with Gasteiger partial charge in [0, 0.05) is 30.6 Å². The van der Waals surface area contributed by atoms with Crippen LogP contribution in [0, 0.1) is 11.7 Å². The second-order valence-corrected chi connectivity index (χ2v) is 7.48. The van der Waals surface area contributed by atoms with Gasteiger partial charge < -0.3 is 10.1 Å². The Hall–Kier alpha value is -2.81. The van der Waals surface area contributed by atoms with Crippen LogP contribution >= 0.6 is 0 Å². The summed E-state index contributed by atoms with van der Waals surface area (Å²) in [5.41, 5.74) is -1.91. The van der Waals surface area contributed by atoms with E-state index in [2.05, 4.69) is 10.3 Å². The predicted octanol–water partition coefficient (Wildman–Crippen LogP) is 4.50. The molecule has 2 heterocycles. The molecule has 3 rings (SSSR count). The van der Waals surface area contributed by atoms with Crippen molar-refractivity contribution in [1.29, 1.82) is 0 Å². The highest BCUT2D eigenvalue weighted by Crippen LogP contribution is 2.53. The van der Waals surface area contributed by atoms with E-state index in [1.165, 1.54) is 44.3 Å². The van der Waals surface area contributed by atoms with Crippen LogP contribution in [0.1, 0.15) is 42.7 Å². The summed E-state index contributed by atoms with van der Waals surface area (Å²) in [6.45, 7) is 3.56. The lowest BCUT2D eigenvalue weighted by atomic mass is 9.77. The maximum Gasteiger partial charge on any atom is 0.417 e. The van der Waals surface area contributed by atoms with Crippen molar-refractivity contribution in [3.05, 3.63) is 59.7 Å². The van der Waals surface area contributed by atoms with Gasteiger partial charge in [-0.25, -0.2) is 4.39 Å². The van der Waals surface area contributed by atoms with Gasteiger partial charge in [-0.3, -0.25) is 14.6 Å². The fraction of sp³-hybridized carbons (Fsp3) is 0.381. The molecule has 1 saturated heterocycles. The fourth-order valence-corrected chi connectivity index (χ4v) is 3.65. The molecule has 1 aromatic heterocycles. The van der Waals surface area contributed by atoms with E-state index in [-0.39, 0.29) is 17.2 Å². The summed E-state index contributed by atoms with van der Waals surface area (Å²) in [4.78, 5) is 28.3. The van der Waals surface area contributed by atoms with Gasteiger partial charge >= 0.3 is 6.18 Å². The number of pyridine rings is 1. The van der Waals surface area contributed by atoms with E-state index in [1.54, 1.807) is 0 Å². The van der Waals surface area contributed by atoms with Crippen LogP contribution in [0.5, 0.6) is 0 Å². The van der Waals surface area contributed by atoms with Gasteiger partial charge in [-0.15, -0.1) is 0 Å². The summed E-state index contributed by atoms with van der Waals surface area (Å²) in [6, 6.07) is 7.70. The van der Waals surface area contributed by atoms with Crippen molar-refractivity contribution in [3.8, 4) is 0 Å². The normalized spacial score (nSPS) is 26.4. The third-order valence-corrected chi connectivity index (χ3v) is 5.57. The van der Waals surface area contributed by atoms with Crippen molar-refractivity contribution in [2.45, 2.75) is 44.6 Å². The molecule has 5 nitrogen and oxygen atoms in total. The monoisotopic (exact) mass is 424 g/mol. The molecule has 4 atom stereocenters. The molecule has 160 valence electrons. The molecule has 1 aliphatic heterocycles. The highest BCUT2D eigenvalue weighted by atomic mass is 19.4. The van der Waals surface area contributed by atoms with Gasteiger partial charge in [0.15, 0.2) is 11.4 Å². The Morgan fingerprint density at radius 1 is 1.17 bits per heavy atom. The second-order valence-electron chi connectivity index (χ2n) is 7.48. The minimum atomic E-state index is -4.72. The van der Waals surface area contributed by atoms with Crippen molar-refractivity contribution in [1.82, 2.24) is 4.98 Å². The highest BCUT2D eigenvalue weighted by Gasteiger charge is 2.65. The van der Waals surface area contributed by atoms with Gasteiger partial charge in [0.05, 0.1) is 0 Å². The summed E-state index contributed by atoms with van der Waals surface area (Å²) in [7, 11) is 0. The number of hydrogen-bond acceptors (Lipinski definition) is 4. The largest absolute Gasteiger partial charge is 0.417 e. The average molecular weight is 424 g/mol. The molecule has 30 heavy (non-hydrogen) atoms. The number of nitrogens with zero attached hydrogens (tertiary/aromatic N) is 1. The number of nitrogens with one attached hydrogen (secondary N) is 1. The number of hydrogen-bond donors (Lipinski definition) is 1. The number of halogens is 4. The van der Waals surface area contributed by atoms with Crippen LogP contribution in [-0.2, 0) is 9.53 Å². The SMILES string of the molecule is CC(=O)c1cc(NC(=O)C2O[C@@](C)(C(F)(F)F)[C@@H](C)[C@H]2c2ccc(F)cc2)ccn1. The number of rotatable bonds is 4. The molecule has 1 aliphatic rings. The van der Waals surface area contributed by atoms with Crippen molar-refractivity contribution in [2.75, 3.05) is 5.32 Å². The molecule has 1 amide bonds. The zero-order valence-electron chi connectivity index (χ0n) is 16.5. The first-order valence-corrected chi connectivity index (χ1v) is 9.22. The van der Waals surface area contributed by atoms with Crippen molar-refractivity contribution in [2.24, 2.45) is 5.92 Å². The van der Waals surface area contributed by atoms with E-state index in [9.17, 15) is 27.2 Å². The van der Waals surface area contributed by atoms with Gasteiger partial charge in [0.2, 0.25) is 0 Å². The molecule has 1 unspecified atom stereocenters. The van der Waals surface area contributed by atoms with Gasteiger partial charge in [-0.05, 0) is 36.8 Å². The zero-order valence-corrected chi connectivity index (χ0v) is 16.5. The van der Waals surface area contributed by atoms with Gasteiger partial charge in [-0.1, -0.05) is 19.1 Å². The van der Waals surface area contributed by atoms with E-state index in [0.717, 1.165) is 19.1 Å². The van der Waals surface area contributed by atoms with Crippen molar-refractivity contribution >= 4 is 17.4 Å². The van der Waals surface area contributed by atoms with Crippen LogP contribution < -0.4 is 5.32 Å². The Labute approximate surface area is 170 Å². The van der Waals surface area contributed by atoms with Gasteiger partial charge in [0.1, 0.15) is 17.6 Å². The van der Waals surface area contributed by atoms with Gasteiger partial charge in [0.25, 0.3) is 5.91 Å². The van der Waals surface area contributed by atoms with Crippen molar-refractivity contribution in [3.63, 3.8) is 0 Å². The lowest BCUT2D eigenvalue weighted by Gasteiger charge is -2.31. The Balaban J connectivity index is 1.96. The minimum Gasteiger partial charge on any atom is -0.352 e. The number of amides is 1. The lowest BCUT2D eigenvalue weighted by Crippen LogP contribution is -2.47. The number of benzene rings is 1. The molecule has 0 spiro atoms. The number of ether oxygens (including phenoxy) is 1. The Kier molecular flexibility index (Phi) is 5.68. The molecule has 1 aromatic carbocycles. The highest BCUT2D eigenvalue weighted by molar-refractivity contribution is 5.97. The lowest BCUT2D eigenvalue weighted by molar-refractivity contribution is -0.272. The summed E-state index contributed by atoms with van der Waals surface area (Å²) >= 11 is 0. The minimum absolute atomic E-state index is 0.101. The van der Waals surface area contributed by atoms with Crippen molar-refractivity contribution < 1.29 is 31.9 Å². The van der Waals surface area contributed by atoms with E-state index in [1.807, 2.05) is 0 Å². The quantitative estimate of drug-likeness (QED) is 0.580. The maximum absolute atomic E-state index is 13.8. The molecule has 1 fully saturated rings. The Morgan fingerprint density at radius 2 is 1.80 bits per heavy atom. The molecular formula is C21H20F4N2O3. The molecule has 0 aliphatic carbocycles. The number of carbonyl (C=O) groups excluding carboxylic acids is 2.